The van der Waals surface area contributed by atoms with Gasteiger partial charge < -0.3 is 10.6 Å². The van der Waals surface area contributed by atoms with E-state index in [0.29, 0.717) is 6.04 Å². The lowest BCUT2D eigenvalue weighted by Gasteiger charge is -2.28. The first-order valence-corrected chi connectivity index (χ1v) is 6.68. The highest BCUT2D eigenvalue weighted by atomic mass is 16.1. The number of piperidine rings is 1. The van der Waals surface area contributed by atoms with Crippen molar-refractivity contribution in [2.45, 2.75) is 45.7 Å². The summed E-state index contributed by atoms with van der Waals surface area (Å²) in [6.45, 7) is 7.10. The molecular formula is C15H22N2O. The van der Waals surface area contributed by atoms with Gasteiger partial charge in [0.25, 0.3) is 5.91 Å². The molecule has 0 spiro atoms. The Morgan fingerprint density at radius 3 is 2.78 bits per heavy atom. The van der Waals surface area contributed by atoms with Gasteiger partial charge in [-0.15, -0.1) is 0 Å². The summed E-state index contributed by atoms with van der Waals surface area (Å²) in [5.41, 5.74) is 3.04. The summed E-state index contributed by atoms with van der Waals surface area (Å²) in [6.07, 6.45) is 2.18. The van der Waals surface area contributed by atoms with E-state index in [1.54, 1.807) is 0 Å². The maximum atomic E-state index is 12.2. The van der Waals surface area contributed by atoms with E-state index in [9.17, 15) is 4.79 Å². The number of hydrogen-bond acceptors (Lipinski definition) is 2. The van der Waals surface area contributed by atoms with Gasteiger partial charge in [0.1, 0.15) is 0 Å². The summed E-state index contributed by atoms with van der Waals surface area (Å²) in [5.74, 6) is 0.0533. The molecule has 1 aromatic rings. The number of carbonyl (C=O) groups is 1. The maximum Gasteiger partial charge on any atom is 0.251 e. The Balaban J connectivity index is 2.01. The van der Waals surface area contributed by atoms with Crippen LogP contribution in [0.2, 0.25) is 0 Å². The van der Waals surface area contributed by atoms with Gasteiger partial charge in [0.2, 0.25) is 0 Å². The zero-order valence-corrected chi connectivity index (χ0v) is 11.4. The lowest BCUT2D eigenvalue weighted by molar-refractivity contribution is 0.0927. The summed E-state index contributed by atoms with van der Waals surface area (Å²) in [6, 6.07) is 6.71. The van der Waals surface area contributed by atoms with Crippen LogP contribution >= 0.6 is 0 Å². The highest BCUT2D eigenvalue weighted by Gasteiger charge is 2.20. The molecule has 1 aliphatic heterocycles. The monoisotopic (exact) mass is 246 g/mol. The number of aryl methyl sites for hydroxylation is 1. The predicted octanol–water partition coefficient (Wildman–Crippen LogP) is 2.17. The van der Waals surface area contributed by atoms with E-state index < -0.39 is 0 Å². The molecule has 2 rings (SSSR count). The highest BCUT2D eigenvalue weighted by Crippen LogP contribution is 2.14. The summed E-state index contributed by atoms with van der Waals surface area (Å²) in [4.78, 5) is 12.2. The molecule has 1 saturated heterocycles. The van der Waals surface area contributed by atoms with Crippen molar-refractivity contribution in [1.82, 2.24) is 10.6 Å². The van der Waals surface area contributed by atoms with Crippen molar-refractivity contribution in [2.24, 2.45) is 0 Å². The second-order valence-corrected chi connectivity index (χ2v) is 5.30. The molecule has 2 atom stereocenters. The Labute approximate surface area is 109 Å². The lowest BCUT2D eigenvalue weighted by Crippen LogP contribution is -2.48. The van der Waals surface area contributed by atoms with Crippen LogP contribution in [0.5, 0.6) is 0 Å². The smallest absolute Gasteiger partial charge is 0.251 e. The fourth-order valence-electron chi connectivity index (χ4n) is 2.38. The molecule has 3 nitrogen and oxygen atoms in total. The zero-order chi connectivity index (χ0) is 13.1. The molecule has 1 heterocycles. The van der Waals surface area contributed by atoms with E-state index >= 15 is 0 Å². The van der Waals surface area contributed by atoms with Crippen LogP contribution in [0, 0.1) is 13.8 Å². The van der Waals surface area contributed by atoms with Crippen molar-refractivity contribution >= 4 is 5.91 Å². The van der Waals surface area contributed by atoms with Crippen LogP contribution < -0.4 is 10.6 Å². The molecule has 2 unspecified atom stereocenters. The second kappa shape index (κ2) is 5.53. The second-order valence-electron chi connectivity index (χ2n) is 5.30. The van der Waals surface area contributed by atoms with E-state index in [1.807, 2.05) is 32.0 Å². The third kappa shape index (κ3) is 2.91. The lowest BCUT2D eigenvalue weighted by atomic mass is 10.00. The molecule has 0 saturated carbocycles. The molecule has 18 heavy (non-hydrogen) atoms. The molecule has 1 aliphatic rings. The van der Waals surface area contributed by atoms with E-state index in [0.717, 1.165) is 36.1 Å². The van der Waals surface area contributed by atoms with Crippen LogP contribution in [0.3, 0.4) is 0 Å². The third-order valence-corrected chi connectivity index (χ3v) is 3.85. The van der Waals surface area contributed by atoms with E-state index in [-0.39, 0.29) is 11.9 Å². The minimum Gasteiger partial charge on any atom is -0.348 e. The van der Waals surface area contributed by atoms with Crippen LogP contribution in [0.1, 0.15) is 41.3 Å². The van der Waals surface area contributed by atoms with Gasteiger partial charge in [-0.2, -0.15) is 0 Å². The van der Waals surface area contributed by atoms with Gasteiger partial charge in [0.05, 0.1) is 0 Å². The summed E-state index contributed by atoms with van der Waals surface area (Å²) in [5, 5.41) is 6.52. The number of hydrogen-bond donors (Lipinski definition) is 2. The molecule has 1 fully saturated rings. The van der Waals surface area contributed by atoms with Crippen LogP contribution in [0.15, 0.2) is 18.2 Å². The first-order valence-electron chi connectivity index (χ1n) is 6.68. The third-order valence-electron chi connectivity index (χ3n) is 3.85. The molecule has 0 radical (unpaired) electrons. The fourth-order valence-corrected chi connectivity index (χ4v) is 2.38. The topological polar surface area (TPSA) is 41.1 Å². The molecule has 98 valence electrons. The average molecular weight is 246 g/mol. The van der Waals surface area contributed by atoms with Crippen molar-refractivity contribution < 1.29 is 4.79 Å². The molecule has 1 aromatic carbocycles. The van der Waals surface area contributed by atoms with Crippen molar-refractivity contribution in [3.8, 4) is 0 Å². The largest absolute Gasteiger partial charge is 0.348 e. The molecule has 3 heteroatoms. The Morgan fingerprint density at radius 2 is 2.11 bits per heavy atom. The Morgan fingerprint density at radius 1 is 1.33 bits per heavy atom. The quantitative estimate of drug-likeness (QED) is 0.839. The van der Waals surface area contributed by atoms with E-state index in [2.05, 4.69) is 17.6 Å². The Hall–Kier alpha value is -1.35. The maximum absolute atomic E-state index is 12.2. The number of amides is 1. The Kier molecular flexibility index (Phi) is 4.02. The molecule has 2 N–H and O–H groups in total. The summed E-state index contributed by atoms with van der Waals surface area (Å²) >= 11 is 0. The van der Waals surface area contributed by atoms with E-state index in [1.165, 1.54) is 0 Å². The van der Waals surface area contributed by atoms with Gasteiger partial charge in [-0.1, -0.05) is 12.1 Å². The van der Waals surface area contributed by atoms with Crippen molar-refractivity contribution in [3.63, 3.8) is 0 Å². The Bertz CT molecular complexity index is 434. The van der Waals surface area contributed by atoms with Gasteiger partial charge in [-0.3, -0.25) is 4.79 Å². The summed E-state index contributed by atoms with van der Waals surface area (Å²) in [7, 11) is 0. The van der Waals surface area contributed by atoms with E-state index in [4.69, 9.17) is 0 Å². The SMILES string of the molecule is Cc1cccc(C(=O)NC2CCC(C)NC2)c1C. The summed E-state index contributed by atoms with van der Waals surface area (Å²) < 4.78 is 0. The fraction of sp³-hybridized carbons (Fsp3) is 0.533. The van der Waals surface area contributed by atoms with Gasteiger partial charge in [-0.25, -0.2) is 0 Å². The number of rotatable bonds is 2. The number of carbonyl (C=O) groups excluding carboxylic acids is 1. The van der Waals surface area contributed by atoms with Crippen molar-refractivity contribution in [3.05, 3.63) is 34.9 Å². The molecule has 0 aliphatic carbocycles. The van der Waals surface area contributed by atoms with Gasteiger partial charge >= 0.3 is 0 Å². The minimum atomic E-state index is 0.0533. The highest BCUT2D eigenvalue weighted by molar-refractivity contribution is 5.96. The number of nitrogens with one attached hydrogen (secondary N) is 2. The molecule has 0 bridgehead atoms. The van der Waals surface area contributed by atoms with Crippen LogP contribution in [0.25, 0.3) is 0 Å². The molecule has 1 amide bonds. The molecular weight excluding hydrogens is 224 g/mol. The van der Waals surface area contributed by atoms with Crippen LogP contribution in [-0.4, -0.2) is 24.5 Å². The van der Waals surface area contributed by atoms with Crippen molar-refractivity contribution in [1.29, 1.82) is 0 Å². The van der Waals surface area contributed by atoms with Crippen LogP contribution in [0.4, 0.5) is 0 Å². The minimum absolute atomic E-state index is 0.0533. The molecule has 0 aromatic heterocycles. The number of benzene rings is 1. The normalized spacial score (nSPS) is 23.7. The van der Waals surface area contributed by atoms with Crippen LogP contribution in [-0.2, 0) is 0 Å². The van der Waals surface area contributed by atoms with Crippen molar-refractivity contribution in [2.75, 3.05) is 6.54 Å². The van der Waals surface area contributed by atoms with Gasteiger partial charge in [-0.05, 0) is 50.8 Å². The van der Waals surface area contributed by atoms with Gasteiger partial charge in [0.15, 0.2) is 0 Å². The zero-order valence-electron chi connectivity index (χ0n) is 11.4. The van der Waals surface area contributed by atoms with Gasteiger partial charge in [0, 0.05) is 24.2 Å². The first-order chi connectivity index (χ1) is 8.58. The average Bonchev–Trinajstić information content (AvgIpc) is 2.35. The first kappa shape index (κ1) is 13.1. The standard InChI is InChI=1S/C15H22N2O/c1-10-5-4-6-14(12(10)3)15(18)17-13-8-7-11(2)16-9-13/h4-6,11,13,16H,7-9H2,1-3H3,(H,17,18). The predicted molar refractivity (Wildman–Crippen MR) is 73.9 cm³/mol.